The molecule has 0 radical (unpaired) electrons. The van der Waals surface area contributed by atoms with Gasteiger partial charge in [0.1, 0.15) is 11.6 Å². The van der Waals surface area contributed by atoms with Crippen LogP contribution in [-0.2, 0) is 19.3 Å². The maximum absolute atomic E-state index is 12.8. The van der Waals surface area contributed by atoms with E-state index in [-0.39, 0.29) is 6.03 Å². The molecule has 1 fully saturated rings. The quantitative estimate of drug-likeness (QED) is 0.591. The van der Waals surface area contributed by atoms with Crippen molar-refractivity contribution in [2.75, 3.05) is 36.4 Å². The SMILES string of the molecule is CCc1ccc(NC(=O)N2CCN(c3nc(C)nc(CC)c3Cc3ccccc3)CC2)cc1. The van der Waals surface area contributed by atoms with E-state index in [1.807, 2.05) is 30.0 Å². The minimum Gasteiger partial charge on any atom is -0.353 e. The second kappa shape index (κ2) is 10.5. The van der Waals surface area contributed by atoms with Crippen LogP contribution in [0.3, 0.4) is 0 Å². The molecule has 1 N–H and O–H groups in total. The Balaban J connectivity index is 1.46. The summed E-state index contributed by atoms with van der Waals surface area (Å²) in [5, 5.41) is 3.03. The molecule has 172 valence electrons. The zero-order chi connectivity index (χ0) is 23.2. The van der Waals surface area contributed by atoms with Gasteiger partial charge in [0, 0.05) is 49.5 Å². The third-order valence-corrected chi connectivity index (χ3v) is 6.22. The Morgan fingerprint density at radius 2 is 1.58 bits per heavy atom. The van der Waals surface area contributed by atoms with Crippen molar-refractivity contribution in [3.8, 4) is 0 Å². The summed E-state index contributed by atoms with van der Waals surface area (Å²) in [6.07, 6.45) is 2.68. The number of aryl methyl sites for hydroxylation is 3. The number of urea groups is 1. The summed E-state index contributed by atoms with van der Waals surface area (Å²) < 4.78 is 0. The summed E-state index contributed by atoms with van der Waals surface area (Å²) in [5.74, 6) is 1.81. The molecule has 2 amide bonds. The molecule has 0 aliphatic carbocycles. The van der Waals surface area contributed by atoms with Crippen LogP contribution >= 0.6 is 0 Å². The van der Waals surface area contributed by atoms with E-state index in [1.165, 1.54) is 16.7 Å². The highest BCUT2D eigenvalue weighted by Gasteiger charge is 2.25. The number of anilines is 2. The van der Waals surface area contributed by atoms with Crippen molar-refractivity contribution in [2.45, 2.75) is 40.0 Å². The number of piperazine rings is 1. The first-order valence-electron chi connectivity index (χ1n) is 11.9. The van der Waals surface area contributed by atoms with Crippen LogP contribution in [-0.4, -0.2) is 47.1 Å². The molecule has 1 aliphatic rings. The number of benzene rings is 2. The lowest BCUT2D eigenvalue weighted by Gasteiger charge is -2.36. The molecule has 6 heteroatoms. The van der Waals surface area contributed by atoms with Crippen LogP contribution < -0.4 is 10.2 Å². The fraction of sp³-hybridized carbons (Fsp3) is 0.370. The predicted octanol–water partition coefficient (Wildman–Crippen LogP) is 4.85. The number of carbonyl (C=O) groups is 1. The van der Waals surface area contributed by atoms with Crippen molar-refractivity contribution in [1.82, 2.24) is 14.9 Å². The number of nitrogens with one attached hydrogen (secondary N) is 1. The standard InChI is InChI=1S/C27H33N5O/c1-4-21-11-13-23(14-12-21)30-27(33)32-17-15-31(16-18-32)26-24(19-22-9-7-6-8-10-22)25(5-2)28-20(3)29-26/h6-14H,4-5,15-19H2,1-3H3,(H,30,33). The third kappa shape index (κ3) is 5.51. The fourth-order valence-corrected chi connectivity index (χ4v) is 4.32. The summed E-state index contributed by atoms with van der Waals surface area (Å²) in [4.78, 5) is 26.6. The molecule has 0 atom stereocenters. The van der Waals surface area contributed by atoms with Crippen LogP contribution in [0.15, 0.2) is 54.6 Å². The summed E-state index contributed by atoms with van der Waals surface area (Å²) in [6.45, 7) is 9.06. The van der Waals surface area contributed by atoms with Crippen LogP contribution in [0.4, 0.5) is 16.3 Å². The molecule has 2 aromatic carbocycles. The molecular weight excluding hydrogens is 410 g/mol. The van der Waals surface area contributed by atoms with Gasteiger partial charge in [0.25, 0.3) is 0 Å². The first kappa shape index (κ1) is 22.8. The highest BCUT2D eigenvalue weighted by atomic mass is 16.2. The lowest BCUT2D eigenvalue weighted by Crippen LogP contribution is -2.50. The smallest absolute Gasteiger partial charge is 0.321 e. The topological polar surface area (TPSA) is 61.4 Å². The fourth-order valence-electron chi connectivity index (χ4n) is 4.32. The van der Waals surface area contributed by atoms with Crippen molar-refractivity contribution in [3.63, 3.8) is 0 Å². The molecule has 0 spiro atoms. The van der Waals surface area contributed by atoms with Gasteiger partial charge in [-0.05, 0) is 43.0 Å². The Kier molecular flexibility index (Phi) is 7.23. The van der Waals surface area contributed by atoms with E-state index < -0.39 is 0 Å². The predicted molar refractivity (Wildman–Crippen MR) is 134 cm³/mol. The number of nitrogens with zero attached hydrogens (tertiary/aromatic N) is 4. The van der Waals surface area contributed by atoms with Gasteiger partial charge in [-0.2, -0.15) is 0 Å². The van der Waals surface area contributed by atoms with E-state index in [0.29, 0.717) is 13.1 Å². The molecule has 1 saturated heterocycles. The van der Waals surface area contributed by atoms with Crippen molar-refractivity contribution in [2.24, 2.45) is 0 Å². The van der Waals surface area contributed by atoms with E-state index in [4.69, 9.17) is 9.97 Å². The molecule has 0 saturated carbocycles. The number of amides is 2. The number of carbonyl (C=O) groups excluding carboxylic acids is 1. The zero-order valence-electron chi connectivity index (χ0n) is 19.8. The van der Waals surface area contributed by atoms with Gasteiger partial charge in [-0.25, -0.2) is 14.8 Å². The monoisotopic (exact) mass is 443 g/mol. The maximum atomic E-state index is 12.8. The van der Waals surface area contributed by atoms with E-state index >= 15 is 0 Å². The summed E-state index contributed by atoms with van der Waals surface area (Å²) in [6, 6.07) is 18.5. The van der Waals surface area contributed by atoms with Gasteiger partial charge in [0.05, 0.1) is 0 Å². The first-order valence-corrected chi connectivity index (χ1v) is 11.9. The number of hydrogen-bond donors (Lipinski definition) is 1. The number of aromatic nitrogens is 2. The molecule has 6 nitrogen and oxygen atoms in total. The van der Waals surface area contributed by atoms with Crippen LogP contribution in [0.25, 0.3) is 0 Å². The van der Waals surface area contributed by atoms with Gasteiger partial charge in [0.2, 0.25) is 0 Å². The van der Waals surface area contributed by atoms with Gasteiger partial charge >= 0.3 is 6.03 Å². The van der Waals surface area contributed by atoms with Crippen molar-refractivity contribution < 1.29 is 4.79 Å². The van der Waals surface area contributed by atoms with Crippen LogP contribution in [0.1, 0.15) is 42.1 Å². The van der Waals surface area contributed by atoms with E-state index in [1.54, 1.807) is 0 Å². The lowest BCUT2D eigenvalue weighted by atomic mass is 10.0. The summed E-state index contributed by atoms with van der Waals surface area (Å²) in [5.41, 5.74) is 5.66. The molecular formula is C27H33N5O. The Labute approximate surface area is 196 Å². The maximum Gasteiger partial charge on any atom is 0.321 e. The van der Waals surface area contributed by atoms with Gasteiger partial charge in [0.15, 0.2) is 0 Å². The van der Waals surface area contributed by atoms with Crippen molar-refractivity contribution in [3.05, 3.63) is 82.8 Å². The molecule has 2 heterocycles. The molecule has 3 aromatic rings. The zero-order valence-corrected chi connectivity index (χ0v) is 19.8. The minimum atomic E-state index is -0.0449. The van der Waals surface area contributed by atoms with Crippen LogP contribution in [0.5, 0.6) is 0 Å². The van der Waals surface area contributed by atoms with Crippen LogP contribution in [0.2, 0.25) is 0 Å². The van der Waals surface area contributed by atoms with Crippen LogP contribution in [0, 0.1) is 6.92 Å². The Morgan fingerprint density at radius 3 is 2.21 bits per heavy atom. The second-order valence-corrected chi connectivity index (χ2v) is 8.49. The van der Waals surface area contributed by atoms with Crippen molar-refractivity contribution >= 4 is 17.5 Å². The molecule has 1 aromatic heterocycles. The number of hydrogen-bond acceptors (Lipinski definition) is 4. The largest absolute Gasteiger partial charge is 0.353 e. The number of rotatable bonds is 6. The summed E-state index contributed by atoms with van der Waals surface area (Å²) >= 11 is 0. The molecule has 1 aliphatic heterocycles. The Bertz CT molecular complexity index is 1070. The van der Waals surface area contributed by atoms with Gasteiger partial charge in [-0.3, -0.25) is 0 Å². The lowest BCUT2D eigenvalue weighted by molar-refractivity contribution is 0.208. The van der Waals surface area contributed by atoms with E-state index in [9.17, 15) is 4.79 Å². The molecule has 4 rings (SSSR count). The second-order valence-electron chi connectivity index (χ2n) is 8.49. The highest BCUT2D eigenvalue weighted by molar-refractivity contribution is 5.89. The normalized spacial score (nSPS) is 13.8. The van der Waals surface area contributed by atoms with Gasteiger partial charge in [-0.1, -0.05) is 56.3 Å². The van der Waals surface area contributed by atoms with E-state index in [2.05, 4.69) is 60.5 Å². The molecule has 0 bridgehead atoms. The summed E-state index contributed by atoms with van der Waals surface area (Å²) in [7, 11) is 0. The highest BCUT2D eigenvalue weighted by Crippen LogP contribution is 2.26. The Morgan fingerprint density at radius 1 is 0.879 bits per heavy atom. The van der Waals surface area contributed by atoms with Crippen molar-refractivity contribution in [1.29, 1.82) is 0 Å². The Hall–Kier alpha value is -3.41. The third-order valence-electron chi connectivity index (χ3n) is 6.22. The van der Waals surface area contributed by atoms with Gasteiger partial charge in [-0.15, -0.1) is 0 Å². The average molecular weight is 444 g/mol. The first-order chi connectivity index (χ1) is 16.1. The van der Waals surface area contributed by atoms with E-state index in [0.717, 1.165) is 55.4 Å². The minimum absolute atomic E-state index is 0.0449. The average Bonchev–Trinajstić information content (AvgIpc) is 2.86. The van der Waals surface area contributed by atoms with Gasteiger partial charge < -0.3 is 15.1 Å². The molecule has 33 heavy (non-hydrogen) atoms. The molecule has 0 unspecified atom stereocenters.